The lowest BCUT2D eigenvalue weighted by Crippen LogP contribution is -2.13. The number of anilines is 1. The molecule has 1 atom stereocenters. The molecule has 2 rings (SSSR count). The Morgan fingerprint density at radius 2 is 1.76 bits per heavy atom. The monoisotopic (exact) mass is 282 g/mol. The van der Waals surface area contributed by atoms with E-state index in [1.807, 2.05) is 19.1 Å². The number of carbonyl (C=O) groups is 1. The molecule has 1 amide bonds. The van der Waals surface area contributed by atoms with Crippen molar-refractivity contribution in [1.29, 1.82) is 0 Å². The van der Waals surface area contributed by atoms with Crippen molar-refractivity contribution in [2.45, 2.75) is 33.7 Å². The zero-order valence-corrected chi connectivity index (χ0v) is 13.0. The van der Waals surface area contributed by atoms with Crippen molar-refractivity contribution in [2.24, 2.45) is 5.73 Å². The smallest absolute Gasteiger partial charge is 0.248 e. The standard InChI is InChI=1S/C18H22N2O/c1-11-5-6-12(2)16(9-11)14(4)20-17-8-7-15(18(19)21)10-13(17)3/h5-10,14,20H,1-4H3,(H2,19,21). The zero-order chi connectivity index (χ0) is 15.6. The third kappa shape index (κ3) is 3.43. The van der Waals surface area contributed by atoms with E-state index >= 15 is 0 Å². The van der Waals surface area contributed by atoms with Crippen molar-refractivity contribution in [3.63, 3.8) is 0 Å². The number of rotatable bonds is 4. The summed E-state index contributed by atoms with van der Waals surface area (Å²) in [5.74, 6) is -0.396. The summed E-state index contributed by atoms with van der Waals surface area (Å²) >= 11 is 0. The van der Waals surface area contributed by atoms with Crippen LogP contribution in [0, 0.1) is 20.8 Å². The second-order valence-corrected chi connectivity index (χ2v) is 5.62. The molecule has 0 heterocycles. The minimum Gasteiger partial charge on any atom is -0.378 e. The number of carbonyl (C=O) groups excluding carboxylic acids is 1. The van der Waals surface area contributed by atoms with Crippen molar-refractivity contribution >= 4 is 11.6 Å². The molecule has 3 nitrogen and oxygen atoms in total. The summed E-state index contributed by atoms with van der Waals surface area (Å²) in [6.07, 6.45) is 0. The topological polar surface area (TPSA) is 55.1 Å². The molecule has 0 spiro atoms. The van der Waals surface area contributed by atoms with Gasteiger partial charge < -0.3 is 11.1 Å². The highest BCUT2D eigenvalue weighted by Gasteiger charge is 2.11. The molecule has 0 aliphatic rings. The Morgan fingerprint density at radius 3 is 2.38 bits per heavy atom. The fourth-order valence-electron chi connectivity index (χ4n) is 2.52. The summed E-state index contributed by atoms with van der Waals surface area (Å²) in [7, 11) is 0. The number of aryl methyl sites for hydroxylation is 3. The first kappa shape index (κ1) is 15.1. The molecule has 0 aliphatic carbocycles. The summed E-state index contributed by atoms with van der Waals surface area (Å²) in [4.78, 5) is 11.2. The summed E-state index contributed by atoms with van der Waals surface area (Å²) in [5.41, 5.74) is 11.7. The van der Waals surface area contributed by atoms with Gasteiger partial charge in [-0.1, -0.05) is 23.8 Å². The van der Waals surface area contributed by atoms with Gasteiger partial charge in [-0.3, -0.25) is 4.79 Å². The van der Waals surface area contributed by atoms with Crippen molar-refractivity contribution < 1.29 is 4.79 Å². The second-order valence-electron chi connectivity index (χ2n) is 5.62. The maximum absolute atomic E-state index is 11.2. The molecular weight excluding hydrogens is 260 g/mol. The maximum Gasteiger partial charge on any atom is 0.248 e. The van der Waals surface area contributed by atoms with Crippen LogP contribution in [-0.4, -0.2) is 5.91 Å². The van der Waals surface area contributed by atoms with E-state index in [4.69, 9.17) is 5.73 Å². The summed E-state index contributed by atoms with van der Waals surface area (Å²) in [6, 6.07) is 12.2. The van der Waals surface area contributed by atoms with Crippen LogP contribution < -0.4 is 11.1 Å². The van der Waals surface area contributed by atoms with E-state index in [0.717, 1.165) is 11.3 Å². The number of hydrogen-bond donors (Lipinski definition) is 2. The second kappa shape index (κ2) is 6.00. The molecule has 0 bridgehead atoms. The third-order valence-electron chi connectivity index (χ3n) is 3.78. The third-order valence-corrected chi connectivity index (χ3v) is 3.78. The van der Waals surface area contributed by atoms with E-state index in [1.54, 1.807) is 6.07 Å². The average molecular weight is 282 g/mol. The van der Waals surface area contributed by atoms with Gasteiger partial charge in [-0.05, 0) is 62.6 Å². The molecule has 0 saturated carbocycles. The number of primary amides is 1. The maximum atomic E-state index is 11.2. The molecule has 2 aromatic carbocycles. The minimum absolute atomic E-state index is 0.197. The van der Waals surface area contributed by atoms with Gasteiger partial charge in [0.2, 0.25) is 5.91 Å². The first-order valence-corrected chi connectivity index (χ1v) is 7.12. The van der Waals surface area contributed by atoms with Crippen LogP contribution in [0.2, 0.25) is 0 Å². The molecule has 1 unspecified atom stereocenters. The van der Waals surface area contributed by atoms with E-state index < -0.39 is 5.91 Å². The van der Waals surface area contributed by atoms with Crippen LogP contribution in [-0.2, 0) is 0 Å². The zero-order valence-electron chi connectivity index (χ0n) is 13.0. The van der Waals surface area contributed by atoms with E-state index in [1.165, 1.54) is 16.7 Å². The highest BCUT2D eigenvalue weighted by Crippen LogP contribution is 2.25. The van der Waals surface area contributed by atoms with Gasteiger partial charge in [0, 0.05) is 17.3 Å². The van der Waals surface area contributed by atoms with Crippen LogP contribution >= 0.6 is 0 Å². The fourth-order valence-corrected chi connectivity index (χ4v) is 2.52. The van der Waals surface area contributed by atoms with Gasteiger partial charge in [-0.2, -0.15) is 0 Å². The number of benzene rings is 2. The van der Waals surface area contributed by atoms with Gasteiger partial charge in [0.05, 0.1) is 0 Å². The van der Waals surface area contributed by atoms with Gasteiger partial charge in [-0.15, -0.1) is 0 Å². The first-order valence-electron chi connectivity index (χ1n) is 7.12. The summed E-state index contributed by atoms with van der Waals surface area (Å²) in [6.45, 7) is 8.34. The normalized spacial score (nSPS) is 12.0. The number of amides is 1. The van der Waals surface area contributed by atoms with Crippen molar-refractivity contribution in [3.05, 3.63) is 64.2 Å². The molecule has 2 aromatic rings. The van der Waals surface area contributed by atoms with Crippen LogP contribution in [0.15, 0.2) is 36.4 Å². The highest BCUT2D eigenvalue weighted by molar-refractivity contribution is 5.93. The molecule has 110 valence electrons. The predicted molar refractivity (Wildman–Crippen MR) is 87.7 cm³/mol. The fraction of sp³-hybridized carbons (Fsp3) is 0.278. The Hall–Kier alpha value is -2.29. The number of nitrogens with two attached hydrogens (primary N) is 1. The van der Waals surface area contributed by atoms with Crippen LogP contribution in [0.4, 0.5) is 5.69 Å². The number of nitrogens with one attached hydrogen (secondary N) is 1. The molecule has 0 fully saturated rings. The van der Waals surface area contributed by atoms with Gasteiger partial charge in [0.15, 0.2) is 0 Å². The highest BCUT2D eigenvalue weighted by atomic mass is 16.1. The van der Waals surface area contributed by atoms with Crippen molar-refractivity contribution in [3.8, 4) is 0 Å². The minimum atomic E-state index is -0.396. The molecule has 0 aliphatic heterocycles. The van der Waals surface area contributed by atoms with Crippen LogP contribution in [0.25, 0.3) is 0 Å². The van der Waals surface area contributed by atoms with E-state index in [2.05, 4.69) is 44.3 Å². The van der Waals surface area contributed by atoms with E-state index in [-0.39, 0.29) is 6.04 Å². The molecule has 0 radical (unpaired) electrons. The van der Waals surface area contributed by atoms with Crippen LogP contribution in [0.1, 0.15) is 45.6 Å². The molecular formula is C18H22N2O. The van der Waals surface area contributed by atoms with Gasteiger partial charge in [0.25, 0.3) is 0 Å². The van der Waals surface area contributed by atoms with E-state index in [9.17, 15) is 4.79 Å². The molecule has 3 N–H and O–H groups in total. The lowest BCUT2D eigenvalue weighted by molar-refractivity contribution is 0.1000. The SMILES string of the molecule is Cc1ccc(C)c(C(C)Nc2ccc(C(N)=O)cc2C)c1. The van der Waals surface area contributed by atoms with Gasteiger partial charge in [-0.25, -0.2) is 0 Å². The van der Waals surface area contributed by atoms with Crippen LogP contribution in [0.5, 0.6) is 0 Å². The number of hydrogen-bond acceptors (Lipinski definition) is 2. The van der Waals surface area contributed by atoms with Gasteiger partial charge in [0.1, 0.15) is 0 Å². The Kier molecular flexibility index (Phi) is 4.32. The molecule has 0 saturated heterocycles. The van der Waals surface area contributed by atoms with Crippen molar-refractivity contribution in [1.82, 2.24) is 0 Å². The van der Waals surface area contributed by atoms with E-state index in [0.29, 0.717) is 5.56 Å². The Bertz CT molecular complexity index is 677. The predicted octanol–water partition coefficient (Wildman–Crippen LogP) is 3.88. The Balaban J connectivity index is 2.25. The lowest BCUT2D eigenvalue weighted by atomic mass is 9.99. The largest absolute Gasteiger partial charge is 0.378 e. The molecule has 3 heteroatoms. The Labute approximate surface area is 126 Å². The lowest BCUT2D eigenvalue weighted by Gasteiger charge is -2.20. The Morgan fingerprint density at radius 1 is 1.05 bits per heavy atom. The quantitative estimate of drug-likeness (QED) is 0.894. The molecule has 21 heavy (non-hydrogen) atoms. The summed E-state index contributed by atoms with van der Waals surface area (Å²) in [5, 5.41) is 3.51. The average Bonchev–Trinajstić information content (AvgIpc) is 2.43. The van der Waals surface area contributed by atoms with Crippen molar-refractivity contribution in [2.75, 3.05) is 5.32 Å². The molecule has 0 aromatic heterocycles. The first-order chi connectivity index (χ1) is 9.88. The summed E-state index contributed by atoms with van der Waals surface area (Å²) < 4.78 is 0. The van der Waals surface area contributed by atoms with Gasteiger partial charge >= 0.3 is 0 Å². The van der Waals surface area contributed by atoms with Crippen LogP contribution in [0.3, 0.4) is 0 Å².